The third kappa shape index (κ3) is 7.50. The van der Waals surface area contributed by atoms with Crippen molar-refractivity contribution in [3.8, 4) is 0 Å². The Morgan fingerprint density at radius 1 is 1.26 bits per heavy atom. The van der Waals surface area contributed by atoms with Crippen molar-refractivity contribution in [1.29, 1.82) is 0 Å². The van der Waals surface area contributed by atoms with Gasteiger partial charge in [0.15, 0.2) is 0 Å². The van der Waals surface area contributed by atoms with Crippen LogP contribution in [-0.4, -0.2) is 68.1 Å². The fourth-order valence-corrected chi connectivity index (χ4v) is 2.15. The number of carbonyl (C=O) groups is 1. The molecule has 0 aromatic rings. The van der Waals surface area contributed by atoms with Crippen LogP contribution in [0.1, 0.15) is 32.6 Å². The molecular weight excluding hydrogens is 240 g/mol. The van der Waals surface area contributed by atoms with E-state index in [1.807, 2.05) is 0 Å². The van der Waals surface area contributed by atoms with E-state index in [4.69, 9.17) is 5.73 Å². The lowest BCUT2D eigenvalue weighted by atomic mass is 10.1. The molecule has 0 aromatic heterocycles. The zero-order chi connectivity index (χ0) is 14.3. The summed E-state index contributed by atoms with van der Waals surface area (Å²) in [4.78, 5) is 16.0. The second-order valence-electron chi connectivity index (χ2n) is 5.83. The first-order valence-electron chi connectivity index (χ1n) is 7.45. The Morgan fingerprint density at radius 2 is 1.95 bits per heavy atom. The van der Waals surface area contributed by atoms with E-state index >= 15 is 0 Å². The van der Waals surface area contributed by atoms with Crippen molar-refractivity contribution >= 4 is 5.91 Å². The van der Waals surface area contributed by atoms with Gasteiger partial charge in [-0.05, 0) is 46.3 Å². The number of nitrogens with two attached hydrogens (primary N) is 1. The van der Waals surface area contributed by atoms with E-state index < -0.39 is 0 Å². The highest BCUT2D eigenvalue weighted by molar-refractivity contribution is 5.79. The van der Waals surface area contributed by atoms with Crippen molar-refractivity contribution in [3.63, 3.8) is 0 Å². The van der Waals surface area contributed by atoms with Crippen LogP contribution in [0.2, 0.25) is 0 Å². The van der Waals surface area contributed by atoms with Crippen LogP contribution < -0.4 is 11.1 Å². The molecule has 1 unspecified atom stereocenters. The number of hydrogen-bond acceptors (Lipinski definition) is 4. The molecule has 0 saturated heterocycles. The molecule has 1 aliphatic carbocycles. The summed E-state index contributed by atoms with van der Waals surface area (Å²) in [7, 11) is 4.18. The van der Waals surface area contributed by atoms with Gasteiger partial charge in [0.1, 0.15) is 0 Å². The molecular formula is C14H30N4O. The van der Waals surface area contributed by atoms with Gasteiger partial charge in [-0.1, -0.05) is 6.92 Å². The number of rotatable bonds is 11. The maximum absolute atomic E-state index is 11.4. The van der Waals surface area contributed by atoms with Crippen LogP contribution in [0.15, 0.2) is 0 Å². The number of likely N-dealkylation sites (N-methyl/N-ethyl adjacent to an activating group) is 1. The van der Waals surface area contributed by atoms with Crippen molar-refractivity contribution in [3.05, 3.63) is 0 Å². The molecule has 3 N–H and O–H groups in total. The second kappa shape index (κ2) is 8.51. The first kappa shape index (κ1) is 16.4. The van der Waals surface area contributed by atoms with Gasteiger partial charge >= 0.3 is 0 Å². The van der Waals surface area contributed by atoms with Gasteiger partial charge in [-0.2, -0.15) is 0 Å². The molecule has 5 nitrogen and oxygen atoms in total. The number of nitrogens with one attached hydrogen (secondary N) is 1. The van der Waals surface area contributed by atoms with Gasteiger partial charge in [0.25, 0.3) is 0 Å². The summed E-state index contributed by atoms with van der Waals surface area (Å²) in [6, 6.07) is 0.366. The Kier molecular flexibility index (Phi) is 7.34. The van der Waals surface area contributed by atoms with Gasteiger partial charge in [-0.25, -0.2) is 0 Å². The summed E-state index contributed by atoms with van der Waals surface area (Å²) in [5, 5.41) is 3.34. The largest absolute Gasteiger partial charge is 0.368 e. The summed E-state index contributed by atoms with van der Waals surface area (Å²) in [6.45, 7) is 6.32. The predicted molar refractivity (Wildman–Crippen MR) is 79.0 cm³/mol. The van der Waals surface area contributed by atoms with Crippen molar-refractivity contribution < 1.29 is 4.79 Å². The summed E-state index contributed by atoms with van der Waals surface area (Å²) in [5.41, 5.74) is 5.47. The average molecular weight is 270 g/mol. The molecule has 1 fully saturated rings. The molecule has 1 aliphatic rings. The Bertz CT molecular complexity index is 266. The molecule has 0 spiro atoms. The zero-order valence-electron chi connectivity index (χ0n) is 12.7. The molecule has 1 rings (SSSR count). The van der Waals surface area contributed by atoms with E-state index in [9.17, 15) is 4.79 Å². The summed E-state index contributed by atoms with van der Waals surface area (Å²) < 4.78 is 0. The van der Waals surface area contributed by atoms with Crippen LogP contribution in [-0.2, 0) is 4.79 Å². The number of nitrogens with zero attached hydrogens (tertiary/aromatic N) is 2. The van der Waals surface area contributed by atoms with E-state index in [1.165, 1.54) is 12.8 Å². The average Bonchev–Trinajstić information content (AvgIpc) is 3.14. The summed E-state index contributed by atoms with van der Waals surface area (Å²) >= 11 is 0. The Labute approximate surface area is 117 Å². The Balaban J connectivity index is 2.31. The van der Waals surface area contributed by atoms with E-state index in [0.29, 0.717) is 6.04 Å². The normalized spacial score (nSPS) is 17.1. The monoisotopic (exact) mass is 270 g/mol. The molecule has 112 valence electrons. The second-order valence-corrected chi connectivity index (χ2v) is 5.83. The predicted octanol–water partition coefficient (Wildman–Crippen LogP) is 0.256. The minimum absolute atomic E-state index is 0.161. The van der Waals surface area contributed by atoms with Crippen LogP contribution >= 0.6 is 0 Å². The number of hydrogen-bond donors (Lipinski definition) is 2. The van der Waals surface area contributed by atoms with Gasteiger partial charge in [0, 0.05) is 25.7 Å². The molecule has 0 radical (unpaired) electrons. The molecule has 0 bridgehead atoms. The molecule has 0 aromatic carbocycles. The summed E-state index contributed by atoms with van der Waals surface area (Å²) in [5.74, 6) is -0.212. The number of primary amides is 1. The van der Waals surface area contributed by atoms with E-state index in [2.05, 4.69) is 36.1 Å². The fraction of sp³-hybridized carbons (Fsp3) is 0.929. The van der Waals surface area contributed by atoms with Crippen molar-refractivity contribution in [2.75, 3.05) is 40.3 Å². The first-order chi connectivity index (χ1) is 9.02. The first-order valence-corrected chi connectivity index (χ1v) is 7.45. The highest BCUT2D eigenvalue weighted by Gasteiger charge is 2.27. The van der Waals surface area contributed by atoms with Gasteiger partial charge < -0.3 is 20.9 Å². The maximum Gasteiger partial charge on any atom is 0.234 e. The van der Waals surface area contributed by atoms with E-state index in [-0.39, 0.29) is 11.9 Å². The Morgan fingerprint density at radius 3 is 2.42 bits per heavy atom. The lowest BCUT2D eigenvalue weighted by Gasteiger charge is -2.25. The number of carbonyl (C=O) groups excluding carboxylic acids is 1. The SMILES string of the molecule is CCCN(CCC(NC1CC1)C(N)=O)CCN(C)C. The van der Waals surface area contributed by atoms with Crippen LogP contribution in [0.3, 0.4) is 0 Å². The van der Waals surface area contributed by atoms with Crippen molar-refractivity contribution in [2.45, 2.75) is 44.7 Å². The van der Waals surface area contributed by atoms with Crippen LogP contribution in [0, 0.1) is 0 Å². The highest BCUT2D eigenvalue weighted by Crippen LogP contribution is 2.20. The van der Waals surface area contributed by atoms with E-state index in [1.54, 1.807) is 0 Å². The molecule has 0 heterocycles. The molecule has 5 heteroatoms. The lowest BCUT2D eigenvalue weighted by molar-refractivity contribution is -0.120. The third-order valence-corrected chi connectivity index (χ3v) is 3.49. The molecule has 19 heavy (non-hydrogen) atoms. The van der Waals surface area contributed by atoms with Crippen molar-refractivity contribution in [1.82, 2.24) is 15.1 Å². The molecule has 0 aliphatic heterocycles. The van der Waals surface area contributed by atoms with Gasteiger partial charge in [0.2, 0.25) is 5.91 Å². The minimum Gasteiger partial charge on any atom is -0.368 e. The highest BCUT2D eigenvalue weighted by atomic mass is 16.1. The van der Waals surface area contributed by atoms with Crippen molar-refractivity contribution in [2.24, 2.45) is 5.73 Å². The zero-order valence-corrected chi connectivity index (χ0v) is 12.7. The summed E-state index contributed by atoms with van der Waals surface area (Å²) in [6.07, 6.45) is 4.33. The molecule has 1 amide bonds. The van der Waals surface area contributed by atoms with Crippen LogP contribution in [0.5, 0.6) is 0 Å². The quantitative estimate of drug-likeness (QED) is 0.565. The third-order valence-electron chi connectivity index (χ3n) is 3.49. The van der Waals surface area contributed by atoms with Gasteiger partial charge in [0.05, 0.1) is 6.04 Å². The minimum atomic E-state index is -0.212. The topological polar surface area (TPSA) is 61.6 Å². The fourth-order valence-electron chi connectivity index (χ4n) is 2.15. The van der Waals surface area contributed by atoms with Gasteiger partial charge in [-0.3, -0.25) is 4.79 Å². The van der Waals surface area contributed by atoms with Crippen LogP contribution in [0.25, 0.3) is 0 Å². The van der Waals surface area contributed by atoms with Crippen LogP contribution in [0.4, 0.5) is 0 Å². The van der Waals surface area contributed by atoms with E-state index in [0.717, 1.165) is 39.0 Å². The lowest BCUT2D eigenvalue weighted by Crippen LogP contribution is -2.45. The standard InChI is InChI=1S/C14H30N4O/c1-4-8-18(11-10-17(2)3)9-7-13(14(15)19)16-12-5-6-12/h12-13,16H,4-11H2,1-3H3,(H2,15,19). The number of amides is 1. The smallest absolute Gasteiger partial charge is 0.234 e. The molecule has 1 atom stereocenters. The molecule has 1 saturated carbocycles. The maximum atomic E-state index is 11.4. The Hall–Kier alpha value is -0.650. The van der Waals surface area contributed by atoms with Gasteiger partial charge in [-0.15, -0.1) is 0 Å².